The van der Waals surface area contributed by atoms with Gasteiger partial charge < -0.3 is 11.1 Å². The van der Waals surface area contributed by atoms with E-state index in [2.05, 4.69) is 5.32 Å². The summed E-state index contributed by atoms with van der Waals surface area (Å²) in [6.07, 6.45) is 2.85. The number of benzene rings is 1. The molecule has 2 rings (SSSR count). The smallest absolute Gasteiger partial charge is 0.243 e. The monoisotopic (exact) mass is 361 g/mol. The molecule has 0 spiro atoms. The Balaban J connectivity index is 0.00000264. The number of piperidine rings is 1. The zero-order valence-corrected chi connectivity index (χ0v) is 14.8. The van der Waals surface area contributed by atoms with Crippen LogP contribution in [0.5, 0.6) is 0 Å². The number of sulfonamides is 1. The molecule has 0 bridgehead atoms. The molecule has 3 N–H and O–H groups in total. The summed E-state index contributed by atoms with van der Waals surface area (Å²) in [5.41, 5.74) is 6.09. The summed E-state index contributed by atoms with van der Waals surface area (Å²) in [4.78, 5) is 11.8. The Morgan fingerprint density at radius 2 is 1.87 bits per heavy atom. The number of nitrogens with one attached hydrogen (secondary N) is 1. The second kappa shape index (κ2) is 8.63. The van der Waals surface area contributed by atoms with Crippen molar-refractivity contribution in [2.75, 3.05) is 13.1 Å². The Morgan fingerprint density at radius 3 is 2.48 bits per heavy atom. The first-order chi connectivity index (χ1) is 10.4. The van der Waals surface area contributed by atoms with Gasteiger partial charge in [-0.25, -0.2) is 8.42 Å². The lowest BCUT2D eigenvalue weighted by atomic mass is 10.2. The van der Waals surface area contributed by atoms with Crippen molar-refractivity contribution >= 4 is 28.3 Å². The fraction of sp³-hybridized carbons (Fsp3) is 0.533. The zero-order chi connectivity index (χ0) is 16.2. The predicted molar refractivity (Wildman–Crippen MR) is 91.8 cm³/mol. The SMILES string of the molecule is C[C@@H](N)C(=O)NCc1ccccc1S(=O)(=O)N1CCCCC1.Cl. The highest BCUT2D eigenvalue weighted by Gasteiger charge is 2.27. The molecule has 0 radical (unpaired) electrons. The molecule has 6 nitrogen and oxygen atoms in total. The Morgan fingerprint density at radius 1 is 1.26 bits per heavy atom. The van der Waals surface area contributed by atoms with E-state index in [1.165, 1.54) is 4.31 Å². The van der Waals surface area contributed by atoms with Crippen molar-refractivity contribution in [3.8, 4) is 0 Å². The highest BCUT2D eigenvalue weighted by atomic mass is 35.5. The number of rotatable bonds is 5. The van der Waals surface area contributed by atoms with Crippen LogP contribution in [0.4, 0.5) is 0 Å². The Labute approximate surface area is 143 Å². The number of carbonyl (C=O) groups excluding carboxylic acids is 1. The molecule has 130 valence electrons. The van der Waals surface area contributed by atoms with Gasteiger partial charge in [-0.1, -0.05) is 24.6 Å². The number of hydrogen-bond acceptors (Lipinski definition) is 4. The van der Waals surface area contributed by atoms with E-state index in [4.69, 9.17) is 5.73 Å². The van der Waals surface area contributed by atoms with Crippen molar-refractivity contribution in [1.82, 2.24) is 9.62 Å². The molecule has 1 aliphatic rings. The lowest BCUT2D eigenvalue weighted by molar-refractivity contribution is -0.122. The molecule has 1 heterocycles. The van der Waals surface area contributed by atoms with Crippen LogP contribution >= 0.6 is 12.4 Å². The first-order valence-corrected chi connectivity index (χ1v) is 8.98. The van der Waals surface area contributed by atoms with E-state index in [0.29, 0.717) is 18.7 Å². The molecule has 0 unspecified atom stereocenters. The van der Waals surface area contributed by atoms with Crippen LogP contribution in [0.25, 0.3) is 0 Å². The Kier molecular flexibility index (Phi) is 7.47. The van der Waals surface area contributed by atoms with Crippen LogP contribution in [0.15, 0.2) is 29.2 Å². The quantitative estimate of drug-likeness (QED) is 0.825. The molecule has 1 saturated heterocycles. The van der Waals surface area contributed by atoms with Gasteiger partial charge in [0.25, 0.3) is 0 Å². The molecule has 8 heteroatoms. The molecular formula is C15H24ClN3O3S. The Hall–Kier alpha value is -1.15. The second-order valence-electron chi connectivity index (χ2n) is 5.58. The van der Waals surface area contributed by atoms with E-state index in [1.807, 2.05) is 0 Å². The molecule has 1 aromatic rings. The van der Waals surface area contributed by atoms with Gasteiger partial charge in [-0.05, 0) is 31.4 Å². The number of halogens is 1. The van der Waals surface area contributed by atoms with E-state index in [0.717, 1.165) is 19.3 Å². The maximum Gasteiger partial charge on any atom is 0.243 e. The molecule has 23 heavy (non-hydrogen) atoms. The van der Waals surface area contributed by atoms with Crippen molar-refractivity contribution in [1.29, 1.82) is 0 Å². The van der Waals surface area contributed by atoms with Crippen LogP contribution < -0.4 is 11.1 Å². The highest BCUT2D eigenvalue weighted by Crippen LogP contribution is 2.23. The third kappa shape index (κ3) is 4.91. The van der Waals surface area contributed by atoms with Gasteiger partial charge in [-0.3, -0.25) is 4.79 Å². The predicted octanol–water partition coefficient (Wildman–Crippen LogP) is 1.25. The Bertz CT molecular complexity index is 629. The lowest BCUT2D eigenvalue weighted by Crippen LogP contribution is -2.39. The number of hydrogen-bond donors (Lipinski definition) is 2. The average molecular weight is 362 g/mol. The number of nitrogens with two attached hydrogens (primary N) is 1. The van der Waals surface area contributed by atoms with Gasteiger partial charge in [0.05, 0.1) is 10.9 Å². The van der Waals surface area contributed by atoms with Gasteiger partial charge in [0.2, 0.25) is 15.9 Å². The topological polar surface area (TPSA) is 92.5 Å². The normalized spacial score (nSPS) is 17.1. The van der Waals surface area contributed by atoms with Gasteiger partial charge in [0.15, 0.2) is 0 Å². The molecule has 1 fully saturated rings. The first-order valence-electron chi connectivity index (χ1n) is 7.54. The molecular weight excluding hydrogens is 338 g/mol. The van der Waals surface area contributed by atoms with Crippen molar-refractivity contribution in [3.05, 3.63) is 29.8 Å². The first kappa shape index (κ1) is 19.9. The standard InChI is InChI=1S/C15H23N3O3S.ClH/c1-12(16)15(19)17-11-13-7-3-4-8-14(13)22(20,21)18-9-5-2-6-10-18;/h3-4,7-8,12H,2,5-6,9-11,16H2,1H3,(H,17,19);1H/t12-;/m1./s1. The van der Waals surface area contributed by atoms with E-state index in [1.54, 1.807) is 31.2 Å². The van der Waals surface area contributed by atoms with Crippen LogP contribution in [0.3, 0.4) is 0 Å². The van der Waals surface area contributed by atoms with E-state index >= 15 is 0 Å². The molecule has 1 aromatic carbocycles. The van der Waals surface area contributed by atoms with Crippen LogP contribution in [0.1, 0.15) is 31.7 Å². The molecule has 1 amide bonds. The third-order valence-electron chi connectivity index (χ3n) is 3.77. The van der Waals surface area contributed by atoms with E-state index in [-0.39, 0.29) is 29.8 Å². The van der Waals surface area contributed by atoms with Gasteiger partial charge in [0, 0.05) is 19.6 Å². The minimum atomic E-state index is -3.51. The molecule has 0 saturated carbocycles. The summed E-state index contributed by atoms with van der Waals surface area (Å²) in [6, 6.07) is 6.16. The third-order valence-corrected chi connectivity index (χ3v) is 5.77. The largest absolute Gasteiger partial charge is 0.351 e. The summed E-state index contributed by atoms with van der Waals surface area (Å²) in [5, 5.41) is 2.67. The lowest BCUT2D eigenvalue weighted by Gasteiger charge is -2.26. The zero-order valence-electron chi connectivity index (χ0n) is 13.2. The summed E-state index contributed by atoms with van der Waals surface area (Å²) in [5.74, 6) is -0.301. The average Bonchev–Trinajstić information content (AvgIpc) is 2.53. The van der Waals surface area contributed by atoms with E-state index in [9.17, 15) is 13.2 Å². The van der Waals surface area contributed by atoms with Crippen LogP contribution in [-0.2, 0) is 21.4 Å². The van der Waals surface area contributed by atoms with Crippen molar-refractivity contribution in [2.45, 2.75) is 43.7 Å². The van der Waals surface area contributed by atoms with Crippen LogP contribution in [0.2, 0.25) is 0 Å². The highest BCUT2D eigenvalue weighted by molar-refractivity contribution is 7.89. The van der Waals surface area contributed by atoms with Gasteiger partial charge in [-0.15, -0.1) is 12.4 Å². The number of amides is 1. The van der Waals surface area contributed by atoms with Crippen molar-refractivity contribution in [3.63, 3.8) is 0 Å². The minimum absolute atomic E-state index is 0. The van der Waals surface area contributed by atoms with Crippen molar-refractivity contribution in [2.24, 2.45) is 5.73 Å². The fourth-order valence-corrected chi connectivity index (χ4v) is 4.23. The number of nitrogens with zero attached hydrogens (tertiary/aromatic N) is 1. The maximum absolute atomic E-state index is 12.8. The number of carbonyl (C=O) groups is 1. The molecule has 1 atom stereocenters. The fourth-order valence-electron chi connectivity index (χ4n) is 2.49. The second-order valence-corrected chi connectivity index (χ2v) is 7.49. The molecule has 1 aliphatic heterocycles. The summed E-state index contributed by atoms with van der Waals surface area (Å²) in [6.45, 7) is 2.86. The summed E-state index contributed by atoms with van der Waals surface area (Å²) < 4.78 is 27.1. The van der Waals surface area contributed by atoms with Crippen LogP contribution in [-0.4, -0.2) is 37.8 Å². The summed E-state index contributed by atoms with van der Waals surface area (Å²) >= 11 is 0. The minimum Gasteiger partial charge on any atom is -0.351 e. The summed E-state index contributed by atoms with van der Waals surface area (Å²) in [7, 11) is -3.51. The van der Waals surface area contributed by atoms with Gasteiger partial charge >= 0.3 is 0 Å². The molecule has 0 aromatic heterocycles. The van der Waals surface area contributed by atoms with Gasteiger partial charge in [-0.2, -0.15) is 4.31 Å². The van der Waals surface area contributed by atoms with E-state index < -0.39 is 16.1 Å². The molecule has 0 aliphatic carbocycles. The van der Waals surface area contributed by atoms with Crippen molar-refractivity contribution < 1.29 is 13.2 Å². The maximum atomic E-state index is 12.8. The van der Waals surface area contributed by atoms with Gasteiger partial charge in [0.1, 0.15) is 0 Å². The van der Waals surface area contributed by atoms with Crippen LogP contribution in [0, 0.1) is 0 Å².